The van der Waals surface area contributed by atoms with Gasteiger partial charge in [-0.3, -0.25) is 0 Å². The molecular formula is C17H25NO. The maximum atomic E-state index is 10.6. The Morgan fingerprint density at radius 1 is 1.11 bits per heavy atom. The topological polar surface area (TPSA) is 23.5 Å². The van der Waals surface area contributed by atoms with Gasteiger partial charge in [0, 0.05) is 19.8 Å². The van der Waals surface area contributed by atoms with E-state index in [2.05, 4.69) is 23.1 Å². The molecule has 2 nitrogen and oxygen atoms in total. The van der Waals surface area contributed by atoms with Crippen LogP contribution in [0, 0.1) is 0 Å². The van der Waals surface area contributed by atoms with Crippen molar-refractivity contribution in [1.29, 1.82) is 0 Å². The molecule has 1 aliphatic rings. The molecular weight excluding hydrogens is 234 g/mol. The van der Waals surface area contributed by atoms with Crippen LogP contribution in [0.1, 0.15) is 50.2 Å². The van der Waals surface area contributed by atoms with E-state index in [0.29, 0.717) is 0 Å². The lowest BCUT2D eigenvalue weighted by molar-refractivity contribution is 0.209. The quantitative estimate of drug-likeness (QED) is 0.827. The first-order chi connectivity index (χ1) is 9.18. The summed E-state index contributed by atoms with van der Waals surface area (Å²) in [5.74, 6) is 0. The molecule has 1 unspecified atom stereocenters. The highest BCUT2D eigenvalue weighted by Gasteiger charge is 2.14. The van der Waals surface area contributed by atoms with Crippen LogP contribution in [0.2, 0.25) is 0 Å². The molecule has 0 amide bonds. The Kier molecular flexibility index (Phi) is 5.03. The summed E-state index contributed by atoms with van der Waals surface area (Å²) < 4.78 is 0. The molecule has 1 N–H and O–H groups in total. The number of nitrogens with zero attached hydrogens (tertiary/aromatic N) is 1. The van der Waals surface area contributed by atoms with Crippen LogP contribution in [0.4, 0.5) is 5.69 Å². The molecule has 1 aliphatic carbocycles. The number of anilines is 1. The van der Waals surface area contributed by atoms with E-state index in [1.807, 2.05) is 26.2 Å². The fourth-order valence-corrected chi connectivity index (χ4v) is 2.65. The van der Waals surface area contributed by atoms with Crippen LogP contribution in [-0.4, -0.2) is 19.2 Å². The Morgan fingerprint density at radius 3 is 2.68 bits per heavy atom. The lowest BCUT2D eigenvalue weighted by Crippen LogP contribution is -2.10. The number of rotatable bonds is 3. The molecule has 0 aliphatic heterocycles. The van der Waals surface area contributed by atoms with Gasteiger partial charge in [-0.1, -0.05) is 31.1 Å². The first-order valence-electron chi connectivity index (χ1n) is 7.33. The SMILES string of the molecule is CN(C)c1cccc(C(O)/C2=C/CCCCCC2)c1. The lowest BCUT2D eigenvalue weighted by atomic mass is 9.92. The van der Waals surface area contributed by atoms with Gasteiger partial charge in [0.1, 0.15) is 6.10 Å². The van der Waals surface area contributed by atoms with Crippen LogP contribution in [-0.2, 0) is 0 Å². The lowest BCUT2D eigenvalue weighted by Gasteiger charge is -2.20. The zero-order chi connectivity index (χ0) is 13.7. The van der Waals surface area contributed by atoms with E-state index in [4.69, 9.17) is 0 Å². The molecule has 0 bridgehead atoms. The van der Waals surface area contributed by atoms with E-state index in [9.17, 15) is 5.11 Å². The van der Waals surface area contributed by atoms with Crippen molar-refractivity contribution in [3.63, 3.8) is 0 Å². The van der Waals surface area contributed by atoms with Gasteiger partial charge in [0.25, 0.3) is 0 Å². The Morgan fingerprint density at radius 2 is 1.89 bits per heavy atom. The molecule has 2 rings (SSSR count). The van der Waals surface area contributed by atoms with Crippen LogP contribution < -0.4 is 4.90 Å². The largest absolute Gasteiger partial charge is 0.384 e. The molecule has 104 valence electrons. The molecule has 0 fully saturated rings. The van der Waals surface area contributed by atoms with Gasteiger partial charge in [-0.2, -0.15) is 0 Å². The van der Waals surface area contributed by atoms with E-state index in [-0.39, 0.29) is 0 Å². The molecule has 1 atom stereocenters. The van der Waals surface area contributed by atoms with Crippen molar-refractivity contribution in [2.24, 2.45) is 0 Å². The second-order valence-corrected chi connectivity index (χ2v) is 5.62. The summed E-state index contributed by atoms with van der Waals surface area (Å²) in [5, 5.41) is 10.6. The van der Waals surface area contributed by atoms with Gasteiger partial charge >= 0.3 is 0 Å². The van der Waals surface area contributed by atoms with Crippen molar-refractivity contribution in [3.8, 4) is 0 Å². The van der Waals surface area contributed by atoms with Crippen molar-refractivity contribution >= 4 is 5.69 Å². The van der Waals surface area contributed by atoms with Crippen LogP contribution >= 0.6 is 0 Å². The molecule has 0 spiro atoms. The molecule has 19 heavy (non-hydrogen) atoms. The Balaban J connectivity index is 2.17. The van der Waals surface area contributed by atoms with Gasteiger partial charge in [0.2, 0.25) is 0 Å². The molecule has 1 aromatic rings. The second kappa shape index (κ2) is 6.76. The zero-order valence-corrected chi connectivity index (χ0v) is 12.1. The van der Waals surface area contributed by atoms with Crippen molar-refractivity contribution in [1.82, 2.24) is 0 Å². The predicted octanol–water partition coefficient (Wildman–Crippen LogP) is 4.07. The summed E-state index contributed by atoms with van der Waals surface area (Å²) in [6.07, 6.45) is 9.05. The highest BCUT2D eigenvalue weighted by molar-refractivity contribution is 5.48. The van der Waals surface area contributed by atoms with Gasteiger partial charge < -0.3 is 10.0 Å². The molecule has 2 heteroatoms. The molecule has 1 aromatic carbocycles. The monoisotopic (exact) mass is 259 g/mol. The minimum Gasteiger partial charge on any atom is -0.384 e. The van der Waals surface area contributed by atoms with Crippen LogP contribution in [0.25, 0.3) is 0 Å². The standard InChI is InChI=1S/C17H25NO/c1-18(2)16-12-8-11-15(13-16)17(19)14-9-6-4-3-5-7-10-14/h8-9,11-13,17,19H,3-7,10H2,1-2H3/b14-9+. The van der Waals surface area contributed by atoms with E-state index < -0.39 is 6.10 Å². The number of aliphatic hydroxyl groups excluding tert-OH is 1. The average molecular weight is 259 g/mol. The molecule has 0 saturated heterocycles. The Hall–Kier alpha value is -1.28. The minimum atomic E-state index is -0.432. The smallest absolute Gasteiger partial charge is 0.100 e. The minimum absolute atomic E-state index is 0.432. The van der Waals surface area contributed by atoms with E-state index in [1.54, 1.807) is 0 Å². The second-order valence-electron chi connectivity index (χ2n) is 5.62. The van der Waals surface area contributed by atoms with Crippen LogP contribution in [0.5, 0.6) is 0 Å². The number of hydrogen-bond donors (Lipinski definition) is 1. The molecule has 0 aromatic heterocycles. The first kappa shape index (κ1) is 14.1. The summed E-state index contributed by atoms with van der Waals surface area (Å²) in [4.78, 5) is 2.07. The third-order valence-electron chi connectivity index (χ3n) is 3.88. The van der Waals surface area contributed by atoms with E-state index >= 15 is 0 Å². The average Bonchev–Trinajstić information content (AvgIpc) is 2.38. The number of aliphatic hydroxyl groups is 1. The van der Waals surface area contributed by atoms with Crippen molar-refractivity contribution in [2.75, 3.05) is 19.0 Å². The first-order valence-corrected chi connectivity index (χ1v) is 7.33. The number of allylic oxidation sites excluding steroid dienone is 1. The molecule has 0 radical (unpaired) electrons. The highest BCUT2D eigenvalue weighted by Crippen LogP contribution is 2.30. The predicted molar refractivity (Wildman–Crippen MR) is 81.5 cm³/mol. The fourth-order valence-electron chi connectivity index (χ4n) is 2.65. The maximum Gasteiger partial charge on any atom is 0.100 e. The zero-order valence-electron chi connectivity index (χ0n) is 12.1. The third-order valence-corrected chi connectivity index (χ3v) is 3.88. The summed E-state index contributed by atoms with van der Waals surface area (Å²) in [6.45, 7) is 0. The fraction of sp³-hybridized carbons (Fsp3) is 0.529. The van der Waals surface area contributed by atoms with Crippen molar-refractivity contribution in [2.45, 2.75) is 44.6 Å². The Bertz CT molecular complexity index is 437. The molecule has 0 saturated carbocycles. The summed E-state index contributed by atoms with van der Waals surface area (Å²) >= 11 is 0. The van der Waals surface area contributed by atoms with Gasteiger partial charge in [-0.25, -0.2) is 0 Å². The summed E-state index contributed by atoms with van der Waals surface area (Å²) in [6, 6.07) is 8.21. The van der Waals surface area contributed by atoms with Gasteiger partial charge in [-0.05, 0) is 49.0 Å². The highest BCUT2D eigenvalue weighted by atomic mass is 16.3. The van der Waals surface area contributed by atoms with Crippen molar-refractivity contribution < 1.29 is 5.11 Å². The van der Waals surface area contributed by atoms with Crippen LogP contribution in [0.15, 0.2) is 35.9 Å². The van der Waals surface area contributed by atoms with Gasteiger partial charge in [0.05, 0.1) is 0 Å². The van der Waals surface area contributed by atoms with Crippen molar-refractivity contribution in [3.05, 3.63) is 41.5 Å². The maximum absolute atomic E-state index is 10.6. The molecule has 0 heterocycles. The summed E-state index contributed by atoms with van der Waals surface area (Å²) in [7, 11) is 4.06. The van der Waals surface area contributed by atoms with E-state index in [0.717, 1.165) is 24.1 Å². The van der Waals surface area contributed by atoms with Gasteiger partial charge in [-0.15, -0.1) is 0 Å². The normalized spacial score (nSPS) is 20.9. The Labute approximate surface area is 116 Å². The van der Waals surface area contributed by atoms with E-state index in [1.165, 1.54) is 31.3 Å². The van der Waals surface area contributed by atoms with Crippen LogP contribution in [0.3, 0.4) is 0 Å². The number of benzene rings is 1. The van der Waals surface area contributed by atoms with Gasteiger partial charge in [0.15, 0.2) is 0 Å². The number of hydrogen-bond acceptors (Lipinski definition) is 2. The summed E-state index contributed by atoms with van der Waals surface area (Å²) in [5.41, 5.74) is 3.36. The third kappa shape index (κ3) is 3.84.